The van der Waals surface area contributed by atoms with E-state index in [-0.39, 0.29) is 24.0 Å². The van der Waals surface area contributed by atoms with Crippen LogP contribution >= 0.6 is 0 Å². The topological polar surface area (TPSA) is 109 Å². The van der Waals surface area contributed by atoms with Crippen molar-refractivity contribution in [1.29, 1.82) is 0 Å². The second-order valence-corrected chi connectivity index (χ2v) is 15.9. The molecular weight excluding hydrogens is 701 g/mol. The van der Waals surface area contributed by atoms with Gasteiger partial charge in [0.05, 0.1) is 17.8 Å². The minimum Gasteiger partial charge on any atom is -0.508 e. The zero-order chi connectivity index (χ0) is 38.8. The predicted octanol–water partition coefficient (Wildman–Crippen LogP) is 6.92. The lowest BCUT2D eigenvalue weighted by atomic mass is 9.60. The number of nitrogens with zero attached hydrogens (tertiary/aromatic N) is 5. The Kier molecular flexibility index (Phi) is 10.7. The lowest BCUT2D eigenvalue weighted by Crippen LogP contribution is -2.59. The summed E-state index contributed by atoms with van der Waals surface area (Å²) in [6.45, 7) is 12.1. The van der Waals surface area contributed by atoms with Crippen molar-refractivity contribution in [1.82, 2.24) is 20.1 Å². The Labute approximate surface area is 329 Å². The minimum atomic E-state index is -0.627. The molecule has 0 bridgehead atoms. The Morgan fingerprint density at radius 3 is 2.32 bits per heavy atom. The smallest absolute Gasteiger partial charge is 0.256 e. The van der Waals surface area contributed by atoms with Gasteiger partial charge in [-0.15, -0.1) is 0 Å². The first-order valence-corrected chi connectivity index (χ1v) is 20.2. The van der Waals surface area contributed by atoms with Crippen LogP contribution in [0.25, 0.3) is 11.1 Å². The summed E-state index contributed by atoms with van der Waals surface area (Å²) in [7, 11) is 0. The molecule has 4 aliphatic heterocycles. The van der Waals surface area contributed by atoms with Crippen molar-refractivity contribution >= 4 is 40.4 Å². The van der Waals surface area contributed by atoms with E-state index in [0.29, 0.717) is 35.7 Å². The number of aliphatic hydroxyl groups is 1. The highest BCUT2D eigenvalue weighted by atomic mass is 16.3. The zero-order valence-corrected chi connectivity index (χ0v) is 32.3. The first-order chi connectivity index (χ1) is 27.2. The second-order valence-electron chi connectivity index (χ2n) is 15.9. The summed E-state index contributed by atoms with van der Waals surface area (Å²) in [6, 6.07) is 23.3. The van der Waals surface area contributed by atoms with Crippen LogP contribution < -0.4 is 15.1 Å². The number of hydrogen-bond donors (Lipinski definition) is 2. The average molecular weight is 753 g/mol. The summed E-state index contributed by atoms with van der Waals surface area (Å²) in [5, 5.41) is 12.3. The number of amides is 3. The van der Waals surface area contributed by atoms with Gasteiger partial charge in [-0.05, 0) is 103 Å². The highest BCUT2D eigenvalue weighted by Gasteiger charge is 2.48. The van der Waals surface area contributed by atoms with Gasteiger partial charge in [-0.1, -0.05) is 68.1 Å². The molecule has 1 unspecified atom stereocenters. The number of piperazine rings is 1. The van der Waals surface area contributed by atoms with Crippen molar-refractivity contribution in [3.05, 3.63) is 126 Å². The third-order valence-corrected chi connectivity index (χ3v) is 12.8. The molecule has 5 aliphatic rings. The molecule has 2 N–H and O–H groups in total. The molecule has 8 rings (SSSR count). The van der Waals surface area contributed by atoms with Gasteiger partial charge in [-0.2, -0.15) is 0 Å². The van der Waals surface area contributed by atoms with E-state index in [2.05, 4.69) is 88.1 Å². The Balaban J connectivity index is 0.838. The van der Waals surface area contributed by atoms with Crippen molar-refractivity contribution in [2.45, 2.75) is 70.5 Å². The maximum atomic E-state index is 13.1. The van der Waals surface area contributed by atoms with E-state index in [1.807, 2.05) is 24.3 Å². The van der Waals surface area contributed by atoms with Gasteiger partial charge in [0.25, 0.3) is 5.91 Å². The summed E-state index contributed by atoms with van der Waals surface area (Å²) in [5.41, 5.74) is 7.76. The fourth-order valence-corrected chi connectivity index (χ4v) is 9.49. The van der Waals surface area contributed by atoms with Crippen molar-refractivity contribution in [2.75, 3.05) is 49.1 Å². The number of allylic oxidation sites excluding steroid dienone is 6. The van der Waals surface area contributed by atoms with Gasteiger partial charge in [-0.3, -0.25) is 24.6 Å². The van der Waals surface area contributed by atoms with Crippen molar-refractivity contribution in [3.63, 3.8) is 0 Å². The Morgan fingerprint density at radius 1 is 0.911 bits per heavy atom. The zero-order valence-electron chi connectivity index (χ0n) is 32.3. The third-order valence-electron chi connectivity index (χ3n) is 12.8. The number of carbonyl (C=O) groups is 3. The fourth-order valence-electron chi connectivity index (χ4n) is 9.49. The van der Waals surface area contributed by atoms with E-state index in [9.17, 15) is 19.5 Å². The molecule has 3 aromatic rings. The molecule has 1 aliphatic carbocycles. The first kappa shape index (κ1) is 37.4. The maximum Gasteiger partial charge on any atom is 0.256 e. The third kappa shape index (κ3) is 7.54. The molecule has 290 valence electrons. The van der Waals surface area contributed by atoms with Crippen molar-refractivity contribution < 1.29 is 19.5 Å². The van der Waals surface area contributed by atoms with Gasteiger partial charge in [0.2, 0.25) is 11.8 Å². The van der Waals surface area contributed by atoms with Gasteiger partial charge in [0.1, 0.15) is 17.6 Å². The molecule has 1 atom stereocenters. The first-order valence-electron chi connectivity index (χ1n) is 20.2. The molecule has 2 aromatic carbocycles. The van der Waals surface area contributed by atoms with Crippen molar-refractivity contribution in [3.8, 4) is 0 Å². The molecule has 0 radical (unpaired) electrons. The number of hydrogen-bond acceptors (Lipinski definition) is 8. The van der Waals surface area contributed by atoms with E-state index < -0.39 is 11.9 Å². The average Bonchev–Trinajstić information content (AvgIpc) is 3.54. The number of benzene rings is 2. The van der Waals surface area contributed by atoms with Crippen molar-refractivity contribution in [2.24, 2.45) is 5.41 Å². The number of imide groups is 1. The van der Waals surface area contributed by atoms with Crippen LogP contribution in [0.3, 0.4) is 0 Å². The molecule has 10 nitrogen and oxygen atoms in total. The molecule has 1 saturated carbocycles. The summed E-state index contributed by atoms with van der Waals surface area (Å²) in [5.74, 6) is 0.167. The SMILES string of the molecule is C=C\C(O)=C/C=C/C(=C(\CC)c1ccccc1)c1ccc(N2CCC3(CC2)CC(N2CCN(c4ccc5c(n4)CN(C4CCC(=O)NC4=O)C5=O)CC2)C3)cc1. The molecule has 10 heteroatoms. The van der Waals surface area contributed by atoms with Gasteiger partial charge >= 0.3 is 0 Å². The summed E-state index contributed by atoms with van der Waals surface area (Å²) < 4.78 is 0. The van der Waals surface area contributed by atoms with E-state index >= 15 is 0 Å². The van der Waals surface area contributed by atoms with Gasteiger partial charge in [0.15, 0.2) is 0 Å². The van der Waals surface area contributed by atoms with Crippen LogP contribution in [0, 0.1) is 5.41 Å². The van der Waals surface area contributed by atoms with Crippen LogP contribution in [-0.4, -0.2) is 89.0 Å². The van der Waals surface area contributed by atoms with Crippen LogP contribution in [0.5, 0.6) is 0 Å². The maximum absolute atomic E-state index is 13.1. The molecule has 4 fully saturated rings. The number of rotatable bonds is 10. The monoisotopic (exact) mass is 752 g/mol. The van der Waals surface area contributed by atoms with E-state index in [1.54, 1.807) is 11.0 Å². The van der Waals surface area contributed by atoms with Gasteiger partial charge in [-0.25, -0.2) is 4.98 Å². The number of fused-ring (bicyclic) bond motifs is 1. The predicted molar refractivity (Wildman–Crippen MR) is 221 cm³/mol. The quantitative estimate of drug-likeness (QED) is 0.0996. The van der Waals surface area contributed by atoms with E-state index in [0.717, 1.165) is 62.6 Å². The summed E-state index contributed by atoms with van der Waals surface area (Å²) in [6.07, 6.45) is 13.6. The number of pyridine rings is 1. The summed E-state index contributed by atoms with van der Waals surface area (Å²) in [4.78, 5) is 51.2. The number of piperidine rings is 2. The normalized spacial score (nSPS) is 22.3. The number of carbonyl (C=O) groups excluding carboxylic acids is 3. The largest absolute Gasteiger partial charge is 0.508 e. The molecule has 3 saturated heterocycles. The van der Waals surface area contributed by atoms with E-state index in [1.165, 1.54) is 48.6 Å². The molecular formula is C46H52N6O4. The number of aliphatic hydroxyl groups excluding tert-OH is 1. The summed E-state index contributed by atoms with van der Waals surface area (Å²) >= 11 is 0. The Bertz CT molecular complexity index is 2070. The molecule has 1 spiro atoms. The van der Waals surface area contributed by atoms with Crippen LogP contribution in [-0.2, 0) is 16.1 Å². The number of aromatic nitrogens is 1. The van der Waals surface area contributed by atoms with Gasteiger partial charge < -0.3 is 19.8 Å². The fraction of sp³-hybridized carbons (Fsp3) is 0.391. The van der Waals surface area contributed by atoms with Crippen LogP contribution in [0.15, 0.2) is 103 Å². The lowest BCUT2D eigenvalue weighted by Gasteiger charge is -2.56. The minimum absolute atomic E-state index is 0.143. The van der Waals surface area contributed by atoms with Crippen LogP contribution in [0.4, 0.5) is 11.5 Å². The lowest BCUT2D eigenvalue weighted by molar-refractivity contribution is -0.136. The Morgan fingerprint density at radius 2 is 1.64 bits per heavy atom. The molecule has 5 heterocycles. The van der Waals surface area contributed by atoms with E-state index in [4.69, 9.17) is 4.98 Å². The highest BCUT2D eigenvalue weighted by molar-refractivity contribution is 6.05. The van der Waals surface area contributed by atoms with Gasteiger partial charge in [0, 0.05) is 57.4 Å². The molecule has 1 aromatic heterocycles. The Hall–Kier alpha value is -5.48. The molecule has 56 heavy (non-hydrogen) atoms. The second kappa shape index (κ2) is 15.9. The number of anilines is 2. The number of nitrogens with one attached hydrogen (secondary N) is 1. The van der Waals surface area contributed by atoms with Crippen LogP contribution in [0.1, 0.15) is 79.0 Å². The highest BCUT2D eigenvalue weighted by Crippen LogP contribution is 2.51. The standard InChI is InChI=1S/C46H52N6O4/c1-3-36(53)11-8-12-38(37(4-2)32-9-6-5-7-10-32)33-13-15-34(16-14-33)49-23-21-46(22-24-49)29-35(30-46)50-25-27-51(28-26-50)42-19-17-39-40(47-42)31-52(45(39)56)41-18-20-43(54)48-44(41)55/h3,5-17,19,35,41,53H,1,4,18,20-31H2,2H3,(H,48,54,55)/b12-8+,36-11+,38-37-. The van der Waals surface area contributed by atoms with Crippen LogP contribution in [0.2, 0.25) is 0 Å². The molecule has 3 amide bonds.